The van der Waals surface area contributed by atoms with Crippen molar-refractivity contribution in [1.29, 1.82) is 0 Å². The van der Waals surface area contributed by atoms with E-state index in [0.29, 0.717) is 24.8 Å². The Morgan fingerprint density at radius 1 is 1.03 bits per heavy atom. The van der Waals surface area contributed by atoms with Gasteiger partial charge < -0.3 is 14.2 Å². The monoisotopic (exact) mass is 413 g/mol. The molecule has 0 spiro atoms. The Morgan fingerprint density at radius 3 is 2.50 bits per heavy atom. The van der Waals surface area contributed by atoms with Crippen LogP contribution < -0.4 is 4.74 Å². The highest BCUT2D eigenvalue weighted by Crippen LogP contribution is 2.21. The van der Waals surface area contributed by atoms with Gasteiger partial charge in [0.05, 0.1) is 20.2 Å². The van der Waals surface area contributed by atoms with Gasteiger partial charge in [0.15, 0.2) is 0 Å². The van der Waals surface area contributed by atoms with Gasteiger partial charge in [-0.3, -0.25) is 14.6 Å². The van der Waals surface area contributed by atoms with Gasteiger partial charge in [-0.1, -0.05) is 30.1 Å². The van der Waals surface area contributed by atoms with Crippen LogP contribution in [0.3, 0.4) is 0 Å². The first-order valence-corrected chi connectivity index (χ1v) is 10.9. The summed E-state index contributed by atoms with van der Waals surface area (Å²) >= 11 is 0. The molecule has 0 atom stereocenters. The molecule has 4 rings (SSSR count). The van der Waals surface area contributed by atoms with Crippen molar-refractivity contribution in [1.82, 2.24) is 24.8 Å². The number of hydrogen-bond donors (Lipinski definition) is 0. The van der Waals surface area contributed by atoms with Crippen molar-refractivity contribution in [3.05, 3.63) is 30.2 Å². The van der Waals surface area contributed by atoms with Crippen molar-refractivity contribution in [2.24, 2.45) is 0 Å². The third-order valence-electron chi connectivity index (χ3n) is 5.94. The Bertz CT molecular complexity index is 824. The molecule has 2 fully saturated rings. The molecule has 2 aliphatic rings. The Labute approximate surface area is 177 Å². The minimum absolute atomic E-state index is 0.283. The number of amides is 1. The van der Waals surface area contributed by atoms with Crippen LogP contribution in [0.25, 0.3) is 11.4 Å². The van der Waals surface area contributed by atoms with E-state index >= 15 is 0 Å². The Balaban J connectivity index is 1.25. The lowest BCUT2D eigenvalue weighted by atomic mass is 10.2. The lowest BCUT2D eigenvalue weighted by Gasteiger charge is -2.34. The summed E-state index contributed by atoms with van der Waals surface area (Å²) in [7, 11) is 1.64. The van der Waals surface area contributed by atoms with E-state index in [0.717, 1.165) is 63.4 Å². The second kappa shape index (κ2) is 10.0. The zero-order chi connectivity index (χ0) is 20.8. The van der Waals surface area contributed by atoms with Crippen LogP contribution in [0.1, 0.15) is 31.6 Å². The molecule has 8 heteroatoms. The summed E-state index contributed by atoms with van der Waals surface area (Å²) in [5.74, 6) is 2.24. The van der Waals surface area contributed by atoms with Gasteiger partial charge in [-0.15, -0.1) is 0 Å². The van der Waals surface area contributed by atoms with Crippen molar-refractivity contribution in [2.45, 2.75) is 32.2 Å². The van der Waals surface area contributed by atoms with E-state index in [9.17, 15) is 4.79 Å². The molecule has 0 bridgehead atoms. The molecule has 0 radical (unpaired) electrons. The smallest absolute Gasteiger partial charge is 0.241 e. The van der Waals surface area contributed by atoms with E-state index in [-0.39, 0.29) is 5.91 Å². The Morgan fingerprint density at radius 2 is 1.77 bits per heavy atom. The van der Waals surface area contributed by atoms with Gasteiger partial charge in [0.2, 0.25) is 17.6 Å². The first-order chi connectivity index (χ1) is 14.7. The van der Waals surface area contributed by atoms with E-state index < -0.39 is 0 Å². The normalized spacial score (nSPS) is 18.9. The van der Waals surface area contributed by atoms with Crippen molar-refractivity contribution < 1.29 is 14.1 Å². The third kappa shape index (κ3) is 5.37. The molecule has 30 heavy (non-hydrogen) atoms. The topological polar surface area (TPSA) is 74.9 Å². The number of aromatic nitrogens is 2. The first-order valence-electron chi connectivity index (χ1n) is 10.9. The second-order valence-corrected chi connectivity index (χ2v) is 8.09. The third-order valence-corrected chi connectivity index (χ3v) is 5.94. The number of rotatable bonds is 6. The number of carbonyl (C=O) groups is 1. The van der Waals surface area contributed by atoms with E-state index in [1.165, 1.54) is 12.8 Å². The molecule has 1 aromatic carbocycles. The number of hydrogen-bond acceptors (Lipinski definition) is 7. The number of carbonyl (C=O) groups excluding carboxylic acids is 1. The minimum atomic E-state index is 0.283. The average molecular weight is 414 g/mol. The fourth-order valence-electron chi connectivity index (χ4n) is 4.11. The van der Waals surface area contributed by atoms with Crippen LogP contribution in [0.15, 0.2) is 28.8 Å². The number of piperazine rings is 1. The summed E-state index contributed by atoms with van der Waals surface area (Å²) in [6, 6.07) is 7.64. The number of nitrogens with zero attached hydrogens (tertiary/aromatic N) is 5. The number of likely N-dealkylation sites (tertiary alicyclic amines) is 1. The lowest BCUT2D eigenvalue weighted by molar-refractivity contribution is -0.132. The quantitative estimate of drug-likeness (QED) is 0.719. The van der Waals surface area contributed by atoms with Crippen molar-refractivity contribution in [3.63, 3.8) is 0 Å². The highest BCUT2D eigenvalue weighted by atomic mass is 16.5. The molecule has 1 aromatic heterocycles. The molecule has 3 heterocycles. The van der Waals surface area contributed by atoms with Crippen LogP contribution in [-0.2, 0) is 11.3 Å². The summed E-state index contributed by atoms with van der Waals surface area (Å²) in [4.78, 5) is 23.8. The maximum atomic E-state index is 12.6. The summed E-state index contributed by atoms with van der Waals surface area (Å²) in [5, 5.41) is 4.11. The Hall–Kier alpha value is -2.45. The van der Waals surface area contributed by atoms with Crippen molar-refractivity contribution in [3.8, 4) is 17.1 Å². The molecule has 0 aliphatic carbocycles. The molecule has 2 saturated heterocycles. The van der Waals surface area contributed by atoms with E-state index in [2.05, 4.69) is 24.8 Å². The summed E-state index contributed by atoms with van der Waals surface area (Å²) in [5.41, 5.74) is 0.876. The second-order valence-electron chi connectivity index (χ2n) is 8.09. The summed E-state index contributed by atoms with van der Waals surface area (Å²) in [6.45, 7) is 6.57. The molecule has 162 valence electrons. The van der Waals surface area contributed by atoms with Crippen molar-refractivity contribution in [2.75, 3.05) is 52.9 Å². The molecule has 0 unspecified atom stereocenters. The highest BCUT2D eigenvalue weighted by molar-refractivity contribution is 5.78. The van der Waals surface area contributed by atoms with E-state index in [1.54, 1.807) is 7.11 Å². The molecule has 1 amide bonds. The molecule has 8 nitrogen and oxygen atoms in total. The van der Waals surface area contributed by atoms with Gasteiger partial charge in [-0.2, -0.15) is 4.98 Å². The highest BCUT2D eigenvalue weighted by Gasteiger charge is 2.23. The largest absolute Gasteiger partial charge is 0.497 e. The average Bonchev–Trinajstić information content (AvgIpc) is 3.06. The standard InChI is InChI=1S/C22H31N5O3/c1-29-19-8-6-7-18(15-19)22-23-20(30-24-22)16-25-11-13-26(14-12-25)17-21(28)27-9-4-2-3-5-10-27/h6-8,15H,2-5,9-14,16-17H2,1H3. The van der Waals surface area contributed by atoms with Crippen LogP contribution in [-0.4, -0.2) is 83.7 Å². The summed E-state index contributed by atoms with van der Waals surface area (Å²) < 4.78 is 10.7. The number of ether oxygens (including phenoxy) is 1. The fourth-order valence-corrected chi connectivity index (χ4v) is 4.11. The van der Waals surface area contributed by atoms with Crippen LogP contribution >= 0.6 is 0 Å². The van der Waals surface area contributed by atoms with Gasteiger partial charge in [0.25, 0.3) is 0 Å². The van der Waals surface area contributed by atoms with Crippen LogP contribution in [0.4, 0.5) is 0 Å². The van der Waals surface area contributed by atoms with E-state index in [1.807, 2.05) is 24.3 Å². The predicted octanol–water partition coefficient (Wildman–Crippen LogP) is 2.27. The minimum Gasteiger partial charge on any atom is -0.497 e. The molecule has 2 aromatic rings. The molecule has 0 saturated carbocycles. The Kier molecular flexibility index (Phi) is 6.96. The predicted molar refractivity (Wildman–Crippen MR) is 113 cm³/mol. The van der Waals surface area contributed by atoms with E-state index in [4.69, 9.17) is 9.26 Å². The number of benzene rings is 1. The van der Waals surface area contributed by atoms with Crippen LogP contribution in [0.5, 0.6) is 5.75 Å². The van der Waals surface area contributed by atoms with Crippen LogP contribution in [0.2, 0.25) is 0 Å². The van der Waals surface area contributed by atoms with Gasteiger partial charge in [0.1, 0.15) is 5.75 Å². The van der Waals surface area contributed by atoms with Gasteiger partial charge in [0, 0.05) is 44.8 Å². The molecular weight excluding hydrogens is 382 g/mol. The van der Waals surface area contributed by atoms with Gasteiger partial charge in [-0.05, 0) is 25.0 Å². The first kappa shape index (κ1) is 20.8. The molecule has 0 N–H and O–H groups in total. The van der Waals surface area contributed by atoms with Crippen LogP contribution in [0, 0.1) is 0 Å². The maximum Gasteiger partial charge on any atom is 0.241 e. The molecule has 2 aliphatic heterocycles. The zero-order valence-corrected chi connectivity index (χ0v) is 17.8. The summed E-state index contributed by atoms with van der Waals surface area (Å²) in [6.07, 6.45) is 4.78. The lowest BCUT2D eigenvalue weighted by Crippen LogP contribution is -2.49. The van der Waals surface area contributed by atoms with Gasteiger partial charge in [-0.25, -0.2) is 0 Å². The maximum absolute atomic E-state index is 12.6. The number of methoxy groups -OCH3 is 1. The van der Waals surface area contributed by atoms with Crippen molar-refractivity contribution >= 4 is 5.91 Å². The zero-order valence-electron chi connectivity index (χ0n) is 17.8. The van der Waals surface area contributed by atoms with Gasteiger partial charge >= 0.3 is 0 Å². The SMILES string of the molecule is COc1cccc(-c2noc(CN3CCN(CC(=O)N4CCCCCC4)CC3)n2)c1. The molecular formula is C22H31N5O3. The fraction of sp³-hybridized carbons (Fsp3) is 0.591.